The molecule has 0 radical (unpaired) electrons. The zero-order valence-corrected chi connectivity index (χ0v) is 12.1. The van der Waals surface area contributed by atoms with E-state index in [0.29, 0.717) is 27.8 Å². The molecule has 0 spiro atoms. The smallest absolute Gasteiger partial charge is 0.196 e. The minimum atomic E-state index is -0.236. The summed E-state index contributed by atoms with van der Waals surface area (Å²) in [5.74, 6) is -0.0179. The van der Waals surface area contributed by atoms with Gasteiger partial charge in [0.1, 0.15) is 11.5 Å². The quantitative estimate of drug-likeness (QED) is 0.820. The van der Waals surface area contributed by atoms with Crippen molar-refractivity contribution in [1.29, 1.82) is 0 Å². The van der Waals surface area contributed by atoms with E-state index in [2.05, 4.69) is 0 Å². The molecule has 0 heterocycles. The molecule has 0 saturated heterocycles. The lowest BCUT2D eigenvalue weighted by atomic mass is 9.95. The van der Waals surface area contributed by atoms with Gasteiger partial charge in [0.05, 0.1) is 5.56 Å². The van der Waals surface area contributed by atoms with Crippen LogP contribution in [0.1, 0.15) is 38.2 Å². The minimum absolute atomic E-state index is 0.0176. The number of hydrogen-bond donors (Lipinski definition) is 2. The first-order valence-corrected chi connectivity index (χ1v) is 6.46. The summed E-state index contributed by atoms with van der Waals surface area (Å²) in [5, 5.41) is 19.8. The predicted octanol–water partition coefficient (Wildman–Crippen LogP) is 3.56. The molecule has 2 aromatic carbocycles. The predicted molar refractivity (Wildman–Crippen MR) is 78.6 cm³/mol. The molecule has 0 atom stereocenters. The summed E-state index contributed by atoms with van der Waals surface area (Å²) in [7, 11) is 0. The number of aromatic hydroxyl groups is 2. The van der Waals surface area contributed by atoms with Crippen molar-refractivity contribution in [2.24, 2.45) is 0 Å². The van der Waals surface area contributed by atoms with Crippen molar-refractivity contribution in [2.75, 3.05) is 0 Å². The highest BCUT2D eigenvalue weighted by molar-refractivity contribution is 6.11. The van der Waals surface area contributed by atoms with Crippen molar-refractivity contribution in [2.45, 2.75) is 27.7 Å². The van der Waals surface area contributed by atoms with E-state index in [0.717, 1.165) is 5.56 Å². The Morgan fingerprint density at radius 3 is 1.85 bits per heavy atom. The van der Waals surface area contributed by atoms with Crippen LogP contribution in [0.5, 0.6) is 11.5 Å². The summed E-state index contributed by atoms with van der Waals surface area (Å²) in [6, 6.07) is 6.80. The van der Waals surface area contributed by atoms with Gasteiger partial charge in [-0.1, -0.05) is 6.07 Å². The zero-order valence-electron chi connectivity index (χ0n) is 12.1. The average molecular weight is 270 g/mol. The van der Waals surface area contributed by atoms with Gasteiger partial charge in [0, 0.05) is 5.56 Å². The highest BCUT2D eigenvalue weighted by Gasteiger charge is 2.17. The van der Waals surface area contributed by atoms with E-state index in [1.807, 2.05) is 13.0 Å². The van der Waals surface area contributed by atoms with Gasteiger partial charge in [0.25, 0.3) is 0 Å². The lowest BCUT2D eigenvalue weighted by Crippen LogP contribution is -2.04. The first kappa shape index (κ1) is 14.1. The Hall–Kier alpha value is -2.29. The third-order valence-electron chi connectivity index (χ3n) is 3.44. The van der Waals surface area contributed by atoms with Crippen LogP contribution in [0, 0.1) is 27.7 Å². The second-order valence-corrected chi connectivity index (χ2v) is 5.27. The van der Waals surface area contributed by atoms with Crippen molar-refractivity contribution >= 4 is 5.78 Å². The molecule has 0 aliphatic heterocycles. The molecule has 3 heteroatoms. The second-order valence-electron chi connectivity index (χ2n) is 5.27. The maximum Gasteiger partial charge on any atom is 0.196 e. The van der Waals surface area contributed by atoms with Crippen LogP contribution in [0.25, 0.3) is 0 Å². The Morgan fingerprint density at radius 2 is 1.30 bits per heavy atom. The maximum atomic E-state index is 12.5. The number of phenolic OH excluding ortho intramolecular Hbond substituents is 2. The van der Waals surface area contributed by atoms with Crippen molar-refractivity contribution in [1.82, 2.24) is 0 Å². The number of benzene rings is 2. The normalized spacial score (nSPS) is 10.6. The number of carbonyl (C=O) groups excluding carboxylic acids is 1. The first-order chi connectivity index (χ1) is 9.31. The van der Waals surface area contributed by atoms with Gasteiger partial charge < -0.3 is 10.2 Å². The monoisotopic (exact) mass is 270 g/mol. The van der Waals surface area contributed by atoms with Gasteiger partial charge in [0.2, 0.25) is 0 Å². The lowest BCUT2D eigenvalue weighted by molar-refractivity contribution is 0.103. The molecule has 0 bridgehead atoms. The topological polar surface area (TPSA) is 57.5 Å². The van der Waals surface area contributed by atoms with Crippen LogP contribution in [0.3, 0.4) is 0 Å². The fourth-order valence-corrected chi connectivity index (χ4v) is 2.38. The molecule has 2 N–H and O–H groups in total. The van der Waals surface area contributed by atoms with Gasteiger partial charge in [-0.15, -0.1) is 0 Å². The van der Waals surface area contributed by atoms with Crippen molar-refractivity contribution in [3.63, 3.8) is 0 Å². The molecule has 0 amide bonds. The molecular weight excluding hydrogens is 252 g/mol. The van der Waals surface area contributed by atoms with Crippen LogP contribution < -0.4 is 0 Å². The molecule has 0 aliphatic rings. The van der Waals surface area contributed by atoms with Gasteiger partial charge in [-0.2, -0.15) is 0 Å². The summed E-state index contributed by atoms with van der Waals surface area (Å²) in [6.07, 6.45) is 0. The molecule has 2 rings (SSSR count). The van der Waals surface area contributed by atoms with E-state index in [9.17, 15) is 15.0 Å². The Balaban J connectivity index is 2.58. The van der Waals surface area contributed by atoms with Crippen LogP contribution in [-0.2, 0) is 0 Å². The Morgan fingerprint density at radius 1 is 0.800 bits per heavy atom. The Kier molecular flexibility index (Phi) is 3.53. The van der Waals surface area contributed by atoms with Gasteiger partial charge >= 0.3 is 0 Å². The summed E-state index contributed by atoms with van der Waals surface area (Å²) < 4.78 is 0. The fourth-order valence-electron chi connectivity index (χ4n) is 2.38. The fraction of sp³-hybridized carbons (Fsp3) is 0.235. The molecular formula is C17H18O3. The summed E-state index contributed by atoms with van der Waals surface area (Å²) in [5.41, 5.74) is 3.68. The highest BCUT2D eigenvalue weighted by atomic mass is 16.3. The molecule has 0 fully saturated rings. The standard InChI is InChI=1S/C17H18O3/c1-9-5-10(2)16(19)14(6-9)17(20)13-7-11(3)15(18)12(4)8-13/h5-8,18-19H,1-4H3. The van der Waals surface area contributed by atoms with E-state index < -0.39 is 0 Å². The molecule has 104 valence electrons. The molecule has 0 aliphatic carbocycles. The maximum absolute atomic E-state index is 12.5. The van der Waals surface area contributed by atoms with Gasteiger partial charge in [0.15, 0.2) is 5.78 Å². The lowest BCUT2D eigenvalue weighted by Gasteiger charge is -2.10. The van der Waals surface area contributed by atoms with Crippen molar-refractivity contribution < 1.29 is 15.0 Å². The van der Waals surface area contributed by atoms with Gasteiger partial charge in [-0.25, -0.2) is 0 Å². The Bertz CT molecular complexity index is 677. The van der Waals surface area contributed by atoms with Crippen LogP contribution in [-0.4, -0.2) is 16.0 Å². The van der Waals surface area contributed by atoms with E-state index in [4.69, 9.17) is 0 Å². The molecule has 0 unspecified atom stereocenters. The summed E-state index contributed by atoms with van der Waals surface area (Å²) in [4.78, 5) is 12.5. The molecule has 3 nitrogen and oxygen atoms in total. The van der Waals surface area contributed by atoms with Crippen LogP contribution >= 0.6 is 0 Å². The zero-order chi connectivity index (χ0) is 15.0. The minimum Gasteiger partial charge on any atom is -0.507 e. The Labute approximate surface area is 118 Å². The van der Waals surface area contributed by atoms with E-state index in [-0.39, 0.29) is 17.3 Å². The summed E-state index contributed by atoms with van der Waals surface area (Å²) in [6.45, 7) is 7.16. The number of carbonyl (C=O) groups is 1. The van der Waals surface area contributed by atoms with E-state index >= 15 is 0 Å². The van der Waals surface area contributed by atoms with E-state index in [1.54, 1.807) is 39.0 Å². The van der Waals surface area contributed by atoms with Crippen LogP contribution in [0.2, 0.25) is 0 Å². The number of aryl methyl sites for hydroxylation is 4. The molecule has 0 saturated carbocycles. The largest absolute Gasteiger partial charge is 0.507 e. The van der Waals surface area contributed by atoms with Crippen LogP contribution in [0.15, 0.2) is 24.3 Å². The van der Waals surface area contributed by atoms with Crippen molar-refractivity contribution in [3.8, 4) is 11.5 Å². The number of ketones is 1. The third-order valence-corrected chi connectivity index (χ3v) is 3.44. The molecule has 2 aromatic rings. The van der Waals surface area contributed by atoms with Crippen molar-refractivity contribution in [3.05, 3.63) is 57.6 Å². The second kappa shape index (κ2) is 5.00. The SMILES string of the molecule is Cc1cc(C)c(O)c(C(=O)c2cc(C)c(O)c(C)c2)c1. The molecule has 20 heavy (non-hydrogen) atoms. The third kappa shape index (κ3) is 2.39. The number of rotatable bonds is 2. The molecule has 0 aromatic heterocycles. The summed E-state index contributed by atoms with van der Waals surface area (Å²) >= 11 is 0. The number of hydrogen-bond acceptors (Lipinski definition) is 3. The number of phenols is 2. The van der Waals surface area contributed by atoms with E-state index in [1.165, 1.54) is 0 Å². The highest BCUT2D eigenvalue weighted by Crippen LogP contribution is 2.29. The van der Waals surface area contributed by atoms with Gasteiger partial charge in [-0.05, 0) is 68.1 Å². The van der Waals surface area contributed by atoms with Crippen LogP contribution in [0.4, 0.5) is 0 Å². The van der Waals surface area contributed by atoms with Gasteiger partial charge in [-0.3, -0.25) is 4.79 Å². The first-order valence-electron chi connectivity index (χ1n) is 6.46. The average Bonchev–Trinajstić information content (AvgIpc) is 2.38.